The standard InChI is InChI=1S/C17H25ClN2O3/c1-2-22-11-3-8-19-17(21)16(20-9-12-23-13-10-20)14-4-6-15(18)7-5-14/h4-7,16H,2-3,8-13H2,1H3,(H,19,21). The summed E-state index contributed by atoms with van der Waals surface area (Å²) in [6.45, 7) is 6.76. The Bertz CT molecular complexity index is 475. The zero-order valence-electron chi connectivity index (χ0n) is 13.6. The lowest BCUT2D eigenvalue weighted by atomic mass is 10.0. The molecular weight excluding hydrogens is 316 g/mol. The Kier molecular flexibility index (Phi) is 7.82. The molecule has 1 amide bonds. The average Bonchev–Trinajstić information content (AvgIpc) is 2.58. The summed E-state index contributed by atoms with van der Waals surface area (Å²) in [6, 6.07) is 7.19. The van der Waals surface area contributed by atoms with Gasteiger partial charge in [-0.3, -0.25) is 9.69 Å². The molecule has 1 saturated heterocycles. The third-order valence-electron chi connectivity index (χ3n) is 3.81. The summed E-state index contributed by atoms with van der Waals surface area (Å²) < 4.78 is 10.7. The molecule has 1 atom stereocenters. The molecule has 5 nitrogen and oxygen atoms in total. The second-order valence-electron chi connectivity index (χ2n) is 5.44. The van der Waals surface area contributed by atoms with Gasteiger partial charge in [-0.05, 0) is 31.0 Å². The maximum Gasteiger partial charge on any atom is 0.241 e. The van der Waals surface area contributed by atoms with Crippen molar-refractivity contribution in [3.05, 3.63) is 34.9 Å². The largest absolute Gasteiger partial charge is 0.382 e. The van der Waals surface area contributed by atoms with Crippen molar-refractivity contribution in [2.24, 2.45) is 0 Å². The first-order chi connectivity index (χ1) is 11.2. The highest BCUT2D eigenvalue weighted by molar-refractivity contribution is 6.30. The van der Waals surface area contributed by atoms with E-state index in [1.165, 1.54) is 0 Å². The van der Waals surface area contributed by atoms with Crippen LogP contribution >= 0.6 is 11.6 Å². The smallest absolute Gasteiger partial charge is 0.241 e. The fourth-order valence-electron chi connectivity index (χ4n) is 2.64. The predicted octanol–water partition coefficient (Wildman–Crippen LogP) is 2.26. The summed E-state index contributed by atoms with van der Waals surface area (Å²) in [5.74, 6) is 0.0192. The summed E-state index contributed by atoms with van der Waals surface area (Å²) in [6.07, 6.45) is 0.816. The van der Waals surface area contributed by atoms with Crippen LogP contribution in [0.25, 0.3) is 0 Å². The van der Waals surface area contributed by atoms with Gasteiger partial charge in [0, 0.05) is 37.9 Å². The Morgan fingerprint density at radius 3 is 2.70 bits per heavy atom. The molecule has 0 spiro atoms. The van der Waals surface area contributed by atoms with E-state index >= 15 is 0 Å². The van der Waals surface area contributed by atoms with Crippen molar-refractivity contribution >= 4 is 17.5 Å². The van der Waals surface area contributed by atoms with Crippen molar-refractivity contribution in [2.75, 3.05) is 46.1 Å². The van der Waals surface area contributed by atoms with Crippen molar-refractivity contribution in [1.29, 1.82) is 0 Å². The van der Waals surface area contributed by atoms with E-state index in [1.807, 2.05) is 31.2 Å². The summed E-state index contributed by atoms with van der Waals surface area (Å²) in [5, 5.41) is 3.69. The minimum Gasteiger partial charge on any atom is -0.382 e. The summed E-state index contributed by atoms with van der Waals surface area (Å²) >= 11 is 5.97. The maximum absolute atomic E-state index is 12.7. The van der Waals surface area contributed by atoms with Crippen LogP contribution in [0.2, 0.25) is 5.02 Å². The van der Waals surface area contributed by atoms with Crippen LogP contribution in [0.1, 0.15) is 24.9 Å². The van der Waals surface area contributed by atoms with Gasteiger partial charge in [0.1, 0.15) is 6.04 Å². The van der Waals surface area contributed by atoms with Gasteiger partial charge in [0.2, 0.25) is 5.91 Å². The number of nitrogens with zero attached hydrogens (tertiary/aromatic N) is 1. The molecule has 23 heavy (non-hydrogen) atoms. The quantitative estimate of drug-likeness (QED) is 0.737. The number of carbonyl (C=O) groups excluding carboxylic acids is 1. The minimum atomic E-state index is -0.303. The summed E-state index contributed by atoms with van der Waals surface area (Å²) in [7, 11) is 0. The molecule has 0 radical (unpaired) electrons. The number of rotatable bonds is 8. The molecule has 0 saturated carbocycles. The first-order valence-corrected chi connectivity index (χ1v) is 8.53. The van der Waals surface area contributed by atoms with Crippen molar-refractivity contribution in [3.8, 4) is 0 Å². The molecule has 2 rings (SSSR count). The van der Waals surface area contributed by atoms with Crippen LogP contribution in [-0.4, -0.2) is 56.9 Å². The van der Waals surface area contributed by atoms with E-state index in [0.717, 1.165) is 25.1 Å². The van der Waals surface area contributed by atoms with Crippen LogP contribution < -0.4 is 5.32 Å². The van der Waals surface area contributed by atoms with Gasteiger partial charge in [-0.25, -0.2) is 0 Å². The van der Waals surface area contributed by atoms with Gasteiger partial charge < -0.3 is 14.8 Å². The molecule has 1 N–H and O–H groups in total. The number of benzene rings is 1. The predicted molar refractivity (Wildman–Crippen MR) is 90.7 cm³/mol. The van der Waals surface area contributed by atoms with Gasteiger partial charge in [-0.2, -0.15) is 0 Å². The first-order valence-electron chi connectivity index (χ1n) is 8.15. The van der Waals surface area contributed by atoms with Gasteiger partial charge in [0.05, 0.1) is 13.2 Å². The van der Waals surface area contributed by atoms with Crippen molar-refractivity contribution in [3.63, 3.8) is 0 Å². The minimum absolute atomic E-state index is 0.0192. The van der Waals surface area contributed by atoms with Crippen LogP contribution in [-0.2, 0) is 14.3 Å². The highest BCUT2D eigenvalue weighted by atomic mass is 35.5. The third kappa shape index (κ3) is 5.77. The van der Waals surface area contributed by atoms with Gasteiger partial charge in [-0.1, -0.05) is 23.7 Å². The van der Waals surface area contributed by atoms with Gasteiger partial charge in [-0.15, -0.1) is 0 Å². The number of morpholine rings is 1. The Morgan fingerprint density at radius 2 is 2.04 bits per heavy atom. The molecule has 1 aromatic carbocycles. The number of ether oxygens (including phenoxy) is 2. The van der Waals surface area contributed by atoms with Crippen LogP contribution in [0.5, 0.6) is 0 Å². The van der Waals surface area contributed by atoms with Crippen LogP contribution in [0.4, 0.5) is 0 Å². The van der Waals surface area contributed by atoms with E-state index in [0.29, 0.717) is 38.0 Å². The van der Waals surface area contributed by atoms with Crippen LogP contribution in [0, 0.1) is 0 Å². The number of amides is 1. The highest BCUT2D eigenvalue weighted by Crippen LogP contribution is 2.23. The Hall–Kier alpha value is -1.14. The van der Waals surface area contributed by atoms with Crippen molar-refractivity contribution in [2.45, 2.75) is 19.4 Å². The number of hydrogen-bond acceptors (Lipinski definition) is 4. The van der Waals surface area contributed by atoms with Crippen LogP contribution in [0.15, 0.2) is 24.3 Å². The second kappa shape index (κ2) is 9.88. The van der Waals surface area contributed by atoms with Gasteiger partial charge >= 0.3 is 0 Å². The van der Waals surface area contributed by atoms with Gasteiger partial charge in [0.15, 0.2) is 0 Å². The Balaban J connectivity index is 2.00. The molecule has 0 aliphatic carbocycles. The molecular formula is C17H25ClN2O3. The molecule has 0 aromatic heterocycles. The monoisotopic (exact) mass is 340 g/mol. The number of halogens is 1. The van der Waals surface area contributed by atoms with E-state index in [4.69, 9.17) is 21.1 Å². The molecule has 1 heterocycles. The number of carbonyl (C=O) groups is 1. The Labute approximate surface area is 142 Å². The maximum atomic E-state index is 12.7. The molecule has 1 aliphatic heterocycles. The highest BCUT2D eigenvalue weighted by Gasteiger charge is 2.28. The van der Waals surface area contributed by atoms with E-state index < -0.39 is 0 Å². The molecule has 1 fully saturated rings. The van der Waals surface area contributed by atoms with E-state index in [-0.39, 0.29) is 11.9 Å². The molecule has 6 heteroatoms. The molecule has 128 valence electrons. The van der Waals surface area contributed by atoms with Crippen molar-refractivity contribution < 1.29 is 14.3 Å². The second-order valence-corrected chi connectivity index (χ2v) is 5.88. The zero-order valence-corrected chi connectivity index (χ0v) is 14.3. The fourth-order valence-corrected chi connectivity index (χ4v) is 2.76. The summed E-state index contributed by atoms with van der Waals surface area (Å²) in [4.78, 5) is 14.9. The lowest BCUT2D eigenvalue weighted by Gasteiger charge is -2.33. The fraction of sp³-hybridized carbons (Fsp3) is 0.588. The zero-order chi connectivity index (χ0) is 16.5. The molecule has 0 bridgehead atoms. The number of hydrogen-bond donors (Lipinski definition) is 1. The van der Waals surface area contributed by atoms with E-state index in [1.54, 1.807) is 0 Å². The van der Waals surface area contributed by atoms with Crippen molar-refractivity contribution in [1.82, 2.24) is 10.2 Å². The average molecular weight is 341 g/mol. The topological polar surface area (TPSA) is 50.8 Å². The van der Waals surface area contributed by atoms with E-state index in [2.05, 4.69) is 10.2 Å². The SMILES string of the molecule is CCOCCCNC(=O)C(c1ccc(Cl)cc1)N1CCOCC1. The normalized spacial score (nSPS) is 17.0. The molecule has 1 aliphatic rings. The van der Waals surface area contributed by atoms with Crippen LogP contribution in [0.3, 0.4) is 0 Å². The third-order valence-corrected chi connectivity index (χ3v) is 4.07. The molecule has 1 aromatic rings. The van der Waals surface area contributed by atoms with E-state index in [9.17, 15) is 4.79 Å². The molecule has 1 unspecified atom stereocenters. The lowest BCUT2D eigenvalue weighted by Crippen LogP contribution is -2.46. The van der Waals surface area contributed by atoms with Gasteiger partial charge in [0.25, 0.3) is 0 Å². The summed E-state index contributed by atoms with van der Waals surface area (Å²) in [5.41, 5.74) is 0.957. The first kappa shape index (κ1) is 18.2. The lowest BCUT2D eigenvalue weighted by molar-refractivity contribution is -0.128. The number of nitrogens with one attached hydrogen (secondary N) is 1. The Morgan fingerprint density at radius 1 is 1.35 bits per heavy atom.